The number of benzene rings is 1. The van der Waals surface area contributed by atoms with Gasteiger partial charge >= 0.3 is 0 Å². The Labute approximate surface area is 163 Å². The van der Waals surface area contributed by atoms with Gasteiger partial charge in [0.05, 0.1) is 5.75 Å². The summed E-state index contributed by atoms with van der Waals surface area (Å²) in [6.45, 7) is 6.33. The zero-order chi connectivity index (χ0) is 19.3. The molecule has 0 aromatic heterocycles. The van der Waals surface area contributed by atoms with Crippen molar-refractivity contribution in [3.05, 3.63) is 35.4 Å². The first-order chi connectivity index (χ1) is 13.0. The summed E-state index contributed by atoms with van der Waals surface area (Å²) < 4.78 is 25.3. The molecule has 3 rings (SSSR count). The van der Waals surface area contributed by atoms with E-state index in [0.29, 0.717) is 32.5 Å². The fourth-order valence-electron chi connectivity index (χ4n) is 3.98. The van der Waals surface area contributed by atoms with E-state index in [-0.39, 0.29) is 17.6 Å². The molecule has 1 amide bonds. The molecule has 0 aliphatic carbocycles. The second kappa shape index (κ2) is 9.17. The highest BCUT2D eigenvalue weighted by Crippen LogP contribution is 2.20. The summed E-state index contributed by atoms with van der Waals surface area (Å²) in [7, 11) is -3.13. The Morgan fingerprint density at radius 3 is 2.56 bits per heavy atom. The number of carbonyl (C=O) groups is 1. The van der Waals surface area contributed by atoms with Crippen LogP contribution >= 0.6 is 0 Å². The quantitative estimate of drug-likeness (QED) is 0.715. The minimum Gasteiger partial charge on any atom is -0.356 e. The van der Waals surface area contributed by atoms with Crippen molar-refractivity contribution in [1.82, 2.24) is 14.5 Å². The summed E-state index contributed by atoms with van der Waals surface area (Å²) in [4.78, 5) is 14.8. The second-order valence-corrected chi connectivity index (χ2v) is 9.77. The first kappa shape index (κ1) is 20.3. The van der Waals surface area contributed by atoms with Crippen molar-refractivity contribution in [1.29, 1.82) is 0 Å². The van der Waals surface area contributed by atoms with Crippen LogP contribution in [0.4, 0.5) is 0 Å². The van der Waals surface area contributed by atoms with Gasteiger partial charge in [0.1, 0.15) is 0 Å². The number of hydrogen-bond donors (Lipinski definition) is 1. The Morgan fingerprint density at radius 2 is 1.85 bits per heavy atom. The van der Waals surface area contributed by atoms with Crippen molar-refractivity contribution in [3.63, 3.8) is 0 Å². The van der Waals surface area contributed by atoms with Gasteiger partial charge in [-0.2, -0.15) is 0 Å². The Kier molecular flexibility index (Phi) is 6.89. The minimum absolute atomic E-state index is 0.0600. The van der Waals surface area contributed by atoms with Gasteiger partial charge in [-0.25, -0.2) is 12.7 Å². The molecule has 0 spiro atoms. The molecule has 2 aliphatic heterocycles. The van der Waals surface area contributed by atoms with Gasteiger partial charge in [0.25, 0.3) is 0 Å². The monoisotopic (exact) mass is 393 g/mol. The summed E-state index contributed by atoms with van der Waals surface area (Å²) in [6, 6.07) is 8.62. The van der Waals surface area contributed by atoms with Crippen molar-refractivity contribution >= 4 is 15.9 Å². The first-order valence-electron chi connectivity index (χ1n) is 10.0. The van der Waals surface area contributed by atoms with Gasteiger partial charge in [-0.3, -0.25) is 9.69 Å². The topological polar surface area (TPSA) is 69.7 Å². The lowest BCUT2D eigenvalue weighted by Crippen LogP contribution is -2.43. The Bertz CT molecular complexity index is 743. The van der Waals surface area contributed by atoms with Crippen LogP contribution in [0.2, 0.25) is 0 Å². The molecule has 1 aromatic carbocycles. The molecule has 0 bridgehead atoms. The number of fused-ring (bicyclic) bond motifs is 1. The Balaban J connectivity index is 1.34. The molecule has 150 valence electrons. The molecule has 2 heterocycles. The zero-order valence-electron chi connectivity index (χ0n) is 16.2. The molecule has 0 atom stereocenters. The van der Waals surface area contributed by atoms with Gasteiger partial charge in [0.2, 0.25) is 15.9 Å². The van der Waals surface area contributed by atoms with E-state index in [1.807, 2.05) is 0 Å². The number of nitrogens with zero attached hydrogens (tertiary/aromatic N) is 2. The summed E-state index contributed by atoms with van der Waals surface area (Å²) in [5.74, 6) is 0.146. The van der Waals surface area contributed by atoms with Crippen LogP contribution in [0.3, 0.4) is 0 Å². The van der Waals surface area contributed by atoms with Crippen LogP contribution in [0.25, 0.3) is 0 Å². The molecule has 1 N–H and O–H groups in total. The summed E-state index contributed by atoms with van der Waals surface area (Å²) in [5, 5.41) is 3.05. The van der Waals surface area contributed by atoms with Crippen LogP contribution in [0, 0.1) is 5.92 Å². The van der Waals surface area contributed by atoms with Crippen molar-refractivity contribution < 1.29 is 13.2 Å². The molecule has 0 radical (unpaired) electrons. The lowest BCUT2D eigenvalue weighted by molar-refractivity contribution is -0.126. The zero-order valence-corrected chi connectivity index (χ0v) is 17.0. The van der Waals surface area contributed by atoms with E-state index in [1.54, 1.807) is 6.92 Å². The van der Waals surface area contributed by atoms with Crippen molar-refractivity contribution in [2.45, 2.75) is 39.2 Å². The molecular weight excluding hydrogens is 362 g/mol. The maximum absolute atomic E-state index is 12.3. The van der Waals surface area contributed by atoms with E-state index in [4.69, 9.17) is 0 Å². The predicted molar refractivity (Wildman–Crippen MR) is 107 cm³/mol. The predicted octanol–water partition coefficient (Wildman–Crippen LogP) is 1.61. The molecule has 0 unspecified atom stereocenters. The fraction of sp³-hybridized carbons (Fsp3) is 0.650. The standard InChI is InChI=1S/C20H31N3O3S/c1-2-27(25,26)23-14-9-18(10-15-23)20(24)21-11-5-12-22-13-8-17-6-3-4-7-19(17)16-22/h3-4,6-7,18H,2,5,8-16H2,1H3,(H,21,24). The number of piperidine rings is 1. The minimum atomic E-state index is -3.13. The first-order valence-corrected chi connectivity index (χ1v) is 11.6. The summed E-state index contributed by atoms with van der Waals surface area (Å²) >= 11 is 0. The number of sulfonamides is 1. The van der Waals surface area contributed by atoms with Crippen molar-refractivity contribution in [2.75, 3.05) is 38.5 Å². The average Bonchev–Trinajstić information content (AvgIpc) is 2.71. The molecule has 1 fully saturated rings. The van der Waals surface area contributed by atoms with Crippen LogP contribution in [-0.2, 0) is 27.8 Å². The van der Waals surface area contributed by atoms with Crippen molar-refractivity contribution in [2.24, 2.45) is 5.92 Å². The molecule has 6 nitrogen and oxygen atoms in total. The molecular formula is C20H31N3O3S. The molecule has 7 heteroatoms. The molecule has 1 saturated heterocycles. The molecule has 0 saturated carbocycles. The van der Waals surface area contributed by atoms with E-state index in [9.17, 15) is 13.2 Å². The second-order valence-electron chi connectivity index (χ2n) is 7.51. The number of amides is 1. The number of hydrogen-bond acceptors (Lipinski definition) is 4. The van der Waals surface area contributed by atoms with Gasteiger partial charge in [-0.05, 0) is 43.7 Å². The maximum Gasteiger partial charge on any atom is 0.223 e. The van der Waals surface area contributed by atoms with Gasteiger partial charge in [-0.1, -0.05) is 24.3 Å². The third kappa shape index (κ3) is 5.30. The van der Waals surface area contributed by atoms with Gasteiger partial charge in [0.15, 0.2) is 0 Å². The van der Waals surface area contributed by atoms with E-state index >= 15 is 0 Å². The van der Waals surface area contributed by atoms with Crippen LogP contribution in [0.15, 0.2) is 24.3 Å². The van der Waals surface area contributed by atoms with Crippen LogP contribution in [0.1, 0.15) is 37.3 Å². The van der Waals surface area contributed by atoms with Crippen LogP contribution < -0.4 is 5.32 Å². The third-order valence-corrected chi connectivity index (χ3v) is 7.62. The van der Waals surface area contributed by atoms with Crippen LogP contribution in [-0.4, -0.2) is 62.0 Å². The maximum atomic E-state index is 12.3. The highest BCUT2D eigenvalue weighted by Gasteiger charge is 2.29. The number of carbonyl (C=O) groups excluding carboxylic acids is 1. The highest BCUT2D eigenvalue weighted by molar-refractivity contribution is 7.89. The average molecular weight is 394 g/mol. The Morgan fingerprint density at radius 1 is 1.15 bits per heavy atom. The van der Waals surface area contributed by atoms with E-state index in [0.717, 1.165) is 32.5 Å². The number of nitrogens with one attached hydrogen (secondary N) is 1. The number of rotatable bonds is 7. The summed E-state index contributed by atoms with van der Waals surface area (Å²) in [5.41, 5.74) is 2.88. The van der Waals surface area contributed by atoms with E-state index in [1.165, 1.54) is 15.4 Å². The van der Waals surface area contributed by atoms with E-state index < -0.39 is 10.0 Å². The van der Waals surface area contributed by atoms with Crippen LogP contribution in [0.5, 0.6) is 0 Å². The largest absolute Gasteiger partial charge is 0.356 e. The van der Waals surface area contributed by atoms with E-state index in [2.05, 4.69) is 34.5 Å². The lowest BCUT2D eigenvalue weighted by Gasteiger charge is -2.30. The fourth-order valence-corrected chi connectivity index (χ4v) is 5.11. The highest BCUT2D eigenvalue weighted by atomic mass is 32.2. The van der Waals surface area contributed by atoms with Gasteiger partial charge in [-0.15, -0.1) is 0 Å². The molecule has 27 heavy (non-hydrogen) atoms. The SMILES string of the molecule is CCS(=O)(=O)N1CCC(C(=O)NCCCN2CCc3ccccc3C2)CC1. The molecule has 1 aromatic rings. The lowest BCUT2D eigenvalue weighted by atomic mass is 9.97. The summed E-state index contributed by atoms with van der Waals surface area (Å²) in [6.07, 6.45) is 3.28. The van der Waals surface area contributed by atoms with Gasteiger partial charge < -0.3 is 5.32 Å². The van der Waals surface area contributed by atoms with Crippen molar-refractivity contribution in [3.8, 4) is 0 Å². The normalized spacial score (nSPS) is 19.6. The Hall–Kier alpha value is -1.44. The smallest absolute Gasteiger partial charge is 0.223 e. The third-order valence-electron chi connectivity index (χ3n) is 5.74. The molecule has 2 aliphatic rings. The van der Waals surface area contributed by atoms with Gasteiger partial charge in [0, 0.05) is 45.2 Å².